The number of halogens is 1. The number of nitrogens with one attached hydrogen (secondary N) is 1. The SMILES string of the molecule is CS(=O)c1ccc(NC(=O)C=Cc2cccc(F)c2)cc1. The fraction of sp³-hybridized carbons (Fsp3) is 0.0625. The lowest BCUT2D eigenvalue weighted by Crippen LogP contribution is -2.07. The zero-order valence-electron chi connectivity index (χ0n) is 11.4. The number of carbonyl (C=O) groups excluding carboxylic acids is 1. The van der Waals surface area contributed by atoms with Crippen molar-refractivity contribution >= 4 is 28.5 Å². The fourth-order valence-electron chi connectivity index (χ4n) is 1.70. The number of hydrogen-bond acceptors (Lipinski definition) is 2. The molecule has 0 heterocycles. The highest BCUT2D eigenvalue weighted by Gasteiger charge is 2.00. The highest BCUT2D eigenvalue weighted by atomic mass is 32.2. The van der Waals surface area contributed by atoms with Gasteiger partial charge in [-0.1, -0.05) is 12.1 Å². The first-order valence-electron chi connectivity index (χ1n) is 6.23. The number of amides is 1. The molecule has 0 saturated carbocycles. The van der Waals surface area contributed by atoms with Crippen molar-refractivity contribution in [1.29, 1.82) is 0 Å². The average molecular weight is 303 g/mol. The second kappa shape index (κ2) is 6.95. The molecule has 2 aromatic carbocycles. The molecule has 1 N–H and O–H groups in total. The van der Waals surface area contributed by atoms with Crippen LogP contribution in [0.5, 0.6) is 0 Å². The molecule has 108 valence electrons. The van der Waals surface area contributed by atoms with Crippen LogP contribution in [0.2, 0.25) is 0 Å². The highest BCUT2D eigenvalue weighted by Crippen LogP contribution is 2.12. The van der Waals surface area contributed by atoms with Crippen molar-refractivity contribution in [3.63, 3.8) is 0 Å². The predicted octanol–water partition coefficient (Wildman–Crippen LogP) is 3.22. The van der Waals surface area contributed by atoms with Crippen molar-refractivity contribution in [2.45, 2.75) is 4.90 Å². The summed E-state index contributed by atoms with van der Waals surface area (Å²) in [6.45, 7) is 0. The van der Waals surface area contributed by atoms with Gasteiger partial charge in [-0.05, 0) is 48.0 Å². The van der Waals surface area contributed by atoms with Gasteiger partial charge in [-0.15, -0.1) is 0 Å². The van der Waals surface area contributed by atoms with Gasteiger partial charge in [0, 0.05) is 33.7 Å². The summed E-state index contributed by atoms with van der Waals surface area (Å²) in [5, 5.41) is 2.67. The predicted molar refractivity (Wildman–Crippen MR) is 82.8 cm³/mol. The summed E-state index contributed by atoms with van der Waals surface area (Å²) in [7, 11) is -1.04. The molecule has 0 saturated heterocycles. The maximum atomic E-state index is 13.0. The van der Waals surface area contributed by atoms with E-state index in [2.05, 4.69) is 5.32 Å². The van der Waals surface area contributed by atoms with Gasteiger partial charge in [-0.2, -0.15) is 0 Å². The molecule has 0 aliphatic carbocycles. The normalized spacial score (nSPS) is 12.3. The molecule has 0 aromatic heterocycles. The molecule has 3 nitrogen and oxygen atoms in total. The van der Waals surface area contributed by atoms with Crippen LogP contribution in [-0.2, 0) is 15.6 Å². The second-order valence-corrected chi connectivity index (χ2v) is 5.74. The van der Waals surface area contributed by atoms with Crippen LogP contribution in [0.15, 0.2) is 59.5 Å². The van der Waals surface area contributed by atoms with E-state index in [4.69, 9.17) is 0 Å². The number of carbonyl (C=O) groups is 1. The van der Waals surface area contributed by atoms with Crippen LogP contribution >= 0.6 is 0 Å². The van der Waals surface area contributed by atoms with E-state index in [0.29, 0.717) is 16.1 Å². The summed E-state index contributed by atoms with van der Waals surface area (Å²) in [6, 6.07) is 12.7. The van der Waals surface area contributed by atoms with E-state index in [0.717, 1.165) is 0 Å². The summed E-state index contributed by atoms with van der Waals surface area (Å²) in [5.74, 6) is -0.662. The molecule has 2 aromatic rings. The van der Waals surface area contributed by atoms with E-state index in [1.807, 2.05) is 0 Å². The van der Waals surface area contributed by atoms with Gasteiger partial charge in [-0.3, -0.25) is 9.00 Å². The molecular formula is C16H14FNO2S. The van der Waals surface area contributed by atoms with Crippen molar-refractivity contribution in [3.05, 3.63) is 66.0 Å². The van der Waals surface area contributed by atoms with Gasteiger partial charge in [-0.25, -0.2) is 4.39 Å². The van der Waals surface area contributed by atoms with Gasteiger partial charge in [0.15, 0.2) is 0 Å². The molecular weight excluding hydrogens is 289 g/mol. The minimum absolute atomic E-state index is 0.315. The molecule has 2 rings (SSSR count). The van der Waals surface area contributed by atoms with E-state index in [9.17, 15) is 13.4 Å². The van der Waals surface area contributed by atoms with Crippen molar-refractivity contribution < 1.29 is 13.4 Å². The van der Waals surface area contributed by atoms with Crippen LogP contribution in [0.3, 0.4) is 0 Å². The van der Waals surface area contributed by atoms with Crippen molar-refractivity contribution in [3.8, 4) is 0 Å². The van der Waals surface area contributed by atoms with Crippen LogP contribution < -0.4 is 5.32 Å². The topological polar surface area (TPSA) is 46.2 Å². The summed E-state index contributed by atoms with van der Waals surface area (Å²) in [4.78, 5) is 12.4. The Labute approximate surface area is 125 Å². The van der Waals surface area contributed by atoms with Crippen LogP contribution in [0.4, 0.5) is 10.1 Å². The van der Waals surface area contributed by atoms with Crippen molar-refractivity contribution in [2.75, 3.05) is 11.6 Å². The van der Waals surface area contributed by atoms with Gasteiger partial charge in [0.05, 0.1) is 0 Å². The molecule has 0 aliphatic heterocycles. The molecule has 0 spiro atoms. The Morgan fingerprint density at radius 1 is 1.19 bits per heavy atom. The Morgan fingerprint density at radius 3 is 2.52 bits per heavy atom. The zero-order chi connectivity index (χ0) is 15.2. The lowest BCUT2D eigenvalue weighted by Gasteiger charge is -2.03. The van der Waals surface area contributed by atoms with Gasteiger partial charge in [0.1, 0.15) is 5.82 Å². The number of hydrogen-bond donors (Lipinski definition) is 1. The first-order chi connectivity index (χ1) is 10.0. The summed E-state index contributed by atoms with van der Waals surface area (Å²) in [5.41, 5.74) is 1.22. The minimum Gasteiger partial charge on any atom is -0.323 e. The van der Waals surface area contributed by atoms with Crippen molar-refractivity contribution in [1.82, 2.24) is 0 Å². The van der Waals surface area contributed by atoms with Gasteiger partial charge in [0.2, 0.25) is 5.91 Å². The first kappa shape index (κ1) is 15.1. The molecule has 0 fully saturated rings. The smallest absolute Gasteiger partial charge is 0.248 e. The monoisotopic (exact) mass is 303 g/mol. The fourth-order valence-corrected chi connectivity index (χ4v) is 2.22. The van der Waals surface area contributed by atoms with Crippen LogP contribution in [0.25, 0.3) is 6.08 Å². The number of benzene rings is 2. The van der Waals surface area contributed by atoms with E-state index in [1.54, 1.807) is 42.7 Å². The van der Waals surface area contributed by atoms with E-state index < -0.39 is 10.8 Å². The molecule has 21 heavy (non-hydrogen) atoms. The Hall–Kier alpha value is -2.27. The molecule has 5 heteroatoms. The third-order valence-corrected chi connectivity index (χ3v) is 3.67. The third kappa shape index (κ3) is 4.65. The number of anilines is 1. The Bertz CT molecular complexity index is 696. The summed E-state index contributed by atoms with van der Waals surface area (Å²) >= 11 is 0. The molecule has 0 radical (unpaired) electrons. The lowest BCUT2D eigenvalue weighted by atomic mass is 10.2. The highest BCUT2D eigenvalue weighted by molar-refractivity contribution is 7.84. The Balaban J connectivity index is 1.99. The lowest BCUT2D eigenvalue weighted by molar-refractivity contribution is -0.111. The van der Waals surface area contributed by atoms with E-state index >= 15 is 0 Å². The van der Waals surface area contributed by atoms with Gasteiger partial charge in [0.25, 0.3) is 0 Å². The second-order valence-electron chi connectivity index (χ2n) is 4.36. The summed E-state index contributed by atoms with van der Waals surface area (Å²) < 4.78 is 24.2. The van der Waals surface area contributed by atoms with Crippen LogP contribution in [-0.4, -0.2) is 16.4 Å². The molecule has 1 atom stereocenters. The van der Waals surface area contributed by atoms with E-state index in [-0.39, 0.29) is 11.7 Å². The standard InChI is InChI=1S/C16H14FNO2S/c1-21(20)15-8-6-14(7-9-15)18-16(19)10-5-12-3-2-4-13(17)11-12/h2-11H,1H3,(H,18,19). The molecule has 0 aliphatic rings. The van der Waals surface area contributed by atoms with Crippen LogP contribution in [0, 0.1) is 5.82 Å². The maximum Gasteiger partial charge on any atom is 0.248 e. The molecule has 1 amide bonds. The molecule has 1 unspecified atom stereocenters. The zero-order valence-corrected chi connectivity index (χ0v) is 12.2. The van der Waals surface area contributed by atoms with Gasteiger partial charge < -0.3 is 5.32 Å². The Morgan fingerprint density at radius 2 is 1.90 bits per heavy atom. The van der Waals surface area contributed by atoms with E-state index in [1.165, 1.54) is 24.3 Å². The largest absolute Gasteiger partial charge is 0.323 e. The minimum atomic E-state index is -1.04. The number of rotatable bonds is 4. The Kier molecular flexibility index (Phi) is 5.00. The quantitative estimate of drug-likeness (QED) is 0.882. The van der Waals surface area contributed by atoms with Crippen LogP contribution in [0.1, 0.15) is 5.56 Å². The maximum absolute atomic E-state index is 13.0. The first-order valence-corrected chi connectivity index (χ1v) is 7.78. The average Bonchev–Trinajstić information content (AvgIpc) is 2.46. The van der Waals surface area contributed by atoms with Crippen molar-refractivity contribution in [2.24, 2.45) is 0 Å². The summed E-state index contributed by atoms with van der Waals surface area (Å²) in [6.07, 6.45) is 4.46. The molecule has 0 bridgehead atoms. The third-order valence-electron chi connectivity index (χ3n) is 2.73. The van der Waals surface area contributed by atoms with Gasteiger partial charge >= 0.3 is 0 Å².